The molecule has 0 fully saturated rings. The first-order valence-electron chi connectivity index (χ1n) is 11.6. The molecule has 0 aliphatic carbocycles. The molecule has 0 bridgehead atoms. The van der Waals surface area contributed by atoms with E-state index in [0.717, 1.165) is 32.2 Å². The van der Waals surface area contributed by atoms with Crippen molar-refractivity contribution in [2.45, 2.75) is 26.9 Å². The van der Waals surface area contributed by atoms with Crippen LogP contribution in [0.5, 0.6) is 0 Å². The minimum absolute atomic E-state index is 0.241. The third kappa shape index (κ3) is 4.12. The van der Waals surface area contributed by atoms with Crippen molar-refractivity contribution in [1.29, 1.82) is 0 Å². The SMILES string of the molecule is Cc1ccc(CNC(=O)Cn2c(=O)n(-c3cccc(Cl)c3)c(=O)c3c2c2cc(C)ccc2n3C)cc1. The lowest BCUT2D eigenvalue weighted by Crippen LogP contribution is -2.42. The summed E-state index contributed by atoms with van der Waals surface area (Å²) in [4.78, 5) is 40.6. The van der Waals surface area contributed by atoms with Gasteiger partial charge in [0.2, 0.25) is 5.91 Å². The molecule has 0 aliphatic heterocycles. The van der Waals surface area contributed by atoms with Gasteiger partial charge in [0, 0.05) is 24.0 Å². The predicted molar refractivity (Wildman–Crippen MR) is 143 cm³/mol. The Kier molecular flexibility index (Phi) is 6.02. The van der Waals surface area contributed by atoms with Crippen molar-refractivity contribution in [3.05, 3.63) is 109 Å². The van der Waals surface area contributed by atoms with Crippen LogP contribution in [-0.4, -0.2) is 19.6 Å². The maximum absolute atomic E-state index is 13.8. The van der Waals surface area contributed by atoms with E-state index in [4.69, 9.17) is 11.6 Å². The smallest absolute Gasteiger partial charge is 0.336 e. The summed E-state index contributed by atoms with van der Waals surface area (Å²) in [5.41, 5.74) is 3.91. The average molecular weight is 501 g/mol. The Morgan fingerprint density at radius 1 is 0.917 bits per heavy atom. The standard InChI is InChI=1S/C28H25ClN4O3/c1-17-7-10-19(11-8-17)15-30-24(34)16-32-25-22-13-18(2)9-12-23(22)31(3)26(25)27(35)33(28(32)36)21-6-4-5-20(29)14-21/h4-14H,15-16H2,1-3H3,(H,30,34). The maximum atomic E-state index is 13.8. The molecule has 2 heterocycles. The number of hydrogen-bond donors (Lipinski definition) is 1. The molecule has 8 heteroatoms. The van der Waals surface area contributed by atoms with Gasteiger partial charge in [-0.1, -0.05) is 59.1 Å². The second-order valence-electron chi connectivity index (χ2n) is 9.03. The van der Waals surface area contributed by atoms with Crippen LogP contribution in [0.3, 0.4) is 0 Å². The first-order chi connectivity index (χ1) is 17.2. The summed E-state index contributed by atoms with van der Waals surface area (Å²) in [6.07, 6.45) is 0. The predicted octanol–water partition coefficient (Wildman–Crippen LogP) is 4.23. The zero-order valence-electron chi connectivity index (χ0n) is 20.2. The fourth-order valence-corrected chi connectivity index (χ4v) is 4.75. The Hall–Kier alpha value is -4.10. The van der Waals surface area contributed by atoms with Crippen LogP contribution in [0, 0.1) is 13.8 Å². The molecule has 3 aromatic carbocycles. The number of aryl methyl sites for hydroxylation is 3. The van der Waals surface area contributed by atoms with E-state index in [1.54, 1.807) is 35.9 Å². The second kappa shape index (κ2) is 9.17. The van der Waals surface area contributed by atoms with E-state index < -0.39 is 11.2 Å². The molecule has 7 nitrogen and oxygen atoms in total. The van der Waals surface area contributed by atoms with E-state index in [2.05, 4.69) is 5.32 Å². The van der Waals surface area contributed by atoms with Crippen molar-refractivity contribution in [1.82, 2.24) is 19.0 Å². The van der Waals surface area contributed by atoms with Crippen LogP contribution in [0.25, 0.3) is 27.6 Å². The van der Waals surface area contributed by atoms with Gasteiger partial charge in [0.1, 0.15) is 12.1 Å². The van der Waals surface area contributed by atoms with Gasteiger partial charge in [-0.3, -0.25) is 14.2 Å². The third-order valence-electron chi connectivity index (χ3n) is 6.40. The third-order valence-corrected chi connectivity index (χ3v) is 6.64. The highest BCUT2D eigenvalue weighted by Crippen LogP contribution is 2.27. The van der Waals surface area contributed by atoms with E-state index in [1.807, 2.05) is 56.3 Å². The van der Waals surface area contributed by atoms with Gasteiger partial charge >= 0.3 is 5.69 Å². The van der Waals surface area contributed by atoms with Crippen molar-refractivity contribution in [3.8, 4) is 5.69 Å². The minimum atomic E-state index is -0.603. The highest BCUT2D eigenvalue weighted by Gasteiger charge is 2.22. The van der Waals surface area contributed by atoms with Crippen molar-refractivity contribution < 1.29 is 4.79 Å². The highest BCUT2D eigenvalue weighted by molar-refractivity contribution is 6.30. The van der Waals surface area contributed by atoms with Crippen molar-refractivity contribution in [3.63, 3.8) is 0 Å². The largest absolute Gasteiger partial charge is 0.350 e. The lowest BCUT2D eigenvalue weighted by molar-refractivity contribution is -0.121. The molecule has 36 heavy (non-hydrogen) atoms. The van der Waals surface area contributed by atoms with Gasteiger partial charge in [0.15, 0.2) is 0 Å². The van der Waals surface area contributed by atoms with Crippen molar-refractivity contribution in [2.24, 2.45) is 7.05 Å². The maximum Gasteiger partial charge on any atom is 0.336 e. The Morgan fingerprint density at radius 3 is 2.36 bits per heavy atom. The molecule has 0 aliphatic rings. The fraction of sp³-hybridized carbons (Fsp3) is 0.179. The number of amides is 1. The molecule has 1 N–H and O–H groups in total. The van der Waals surface area contributed by atoms with Crippen LogP contribution in [0.2, 0.25) is 5.02 Å². The Bertz CT molecular complexity index is 1760. The molecular formula is C28H25ClN4O3. The number of fused-ring (bicyclic) bond motifs is 3. The molecule has 0 unspecified atom stereocenters. The Labute approximate surface area is 212 Å². The molecule has 5 rings (SSSR count). The Morgan fingerprint density at radius 2 is 1.64 bits per heavy atom. The first kappa shape index (κ1) is 23.6. The number of carbonyl (C=O) groups excluding carboxylic acids is 1. The van der Waals surface area contributed by atoms with E-state index in [1.165, 1.54) is 4.57 Å². The highest BCUT2D eigenvalue weighted by atomic mass is 35.5. The van der Waals surface area contributed by atoms with E-state index in [-0.39, 0.29) is 12.5 Å². The first-order valence-corrected chi connectivity index (χ1v) is 11.9. The molecule has 0 saturated carbocycles. The van der Waals surface area contributed by atoms with Crippen LogP contribution in [0.1, 0.15) is 16.7 Å². The average Bonchev–Trinajstić information content (AvgIpc) is 3.13. The molecule has 1 amide bonds. The monoisotopic (exact) mass is 500 g/mol. The molecule has 182 valence electrons. The quantitative estimate of drug-likeness (QED) is 0.392. The van der Waals surface area contributed by atoms with Crippen LogP contribution in [0.15, 0.2) is 76.3 Å². The molecule has 0 atom stereocenters. The molecular weight excluding hydrogens is 476 g/mol. The number of halogens is 1. The summed E-state index contributed by atoms with van der Waals surface area (Å²) < 4.78 is 4.23. The number of nitrogens with one attached hydrogen (secondary N) is 1. The zero-order valence-corrected chi connectivity index (χ0v) is 21.0. The van der Waals surface area contributed by atoms with Gasteiger partial charge in [0.05, 0.1) is 16.7 Å². The van der Waals surface area contributed by atoms with Crippen LogP contribution < -0.4 is 16.6 Å². The summed E-state index contributed by atoms with van der Waals surface area (Å²) in [5.74, 6) is -0.333. The topological polar surface area (TPSA) is 78.0 Å². The van der Waals surface area contributed by atoms with Gasteiger partial charge < -0.3 is 9.88 Å². The summed E-state index contributed by atoms with van der Waals surface area (Å²) in [5, 5.41) is 4.03. The summed E-state index contributed by atoms with van der Waals surface area (Å²) in [7, 11) is 1.79. The lowest BCUT2D eigenvalue weighted by atomic mass is 10.1. The zero-order chi connectivity index (χ0) is 25.6. The number of rotatable bonds is 5. The van der Waals surface area contributed by atoms with Crippen LogP contribution in [-0.2, 0) is 24.9 Å². The second-order valence-corrected chi connectivity index (χ2v) is 9.46. The molecule has 0 radical (unpaired) electrons. The summed E-state index contributed by atoms with van der Waals surface area (Å²) in [6.45, 7) is 4.04. The molecule has 2 aromatic heterocycles. The number of benzene rings is 3. The molecule has 0 saturated heterocycles. The number of nitrogens with zero attached hydrogens (tertiary/aromatic N) is 3. The van der Waals surface area contributed by atoms with E-state index in [9.17, 15) is 14.4 Å². The summed E-state index contributed by atoms with van der Waals surface area (Å²) >= 11 is 6.17. The Balaban J connectivity index is 1.69. The summed E-state index contributed by atoms with van der Waals surface area (Å²) in [6, 6.07) is 20.2. The normalized spacial score (nSPS) is 11.3. The lowest BCUT2D eigenvalue weighted by Gasteiger charge is -2.14. The number of hydrogen-bond acceptors (Lipinski definition) is 3. The van der Waals surface area contributed by atoms with Gasteiger partial charge in [-0.15, -0.1) is 0 Å². The van der Waals surface area contributed by atoms with Crippen molar-refractivity contribution >= 4 is 39.4 Å². The van der Waals surface area contributed by atoms with Gasteiger partial charge in [-0.2, -0.15) is 0 Å². The van der Waals surface area contributed by atoms with Crippen LogP contribution in [0.4, 0.5) is 0 Å². The van der Waals surface area contributed by atoms with E-state index in [0.29, 0.717) is 28.3 Å². The fourth-order valence-electron chi connectivity index (χ4n) is 4.56. The van der Waals surface area contributed by atoms with Gasteiger partial charge in [-0.25, -0.2) is 9.36 Å². The van der Waals surface area contributed by atoms with Crippen LogP contribution >= 0.6 is 11.6 Å². The van der Waals surface area contributed by atoms with Crippen molar-refractivity contribution in [2.75, 3.05) is 0 Å². The number of carbonyl (C=O) groups is 1. The molecule has 0 spiro atoms. The van der Waals surface area contributed by atoms with Gasteiger partial charge in [0.25, 0.3) is 5.56 Å². The molecule has 5 aromatic rings. The van der Waals surface area contributed by atoms with Gasteiger partial charge in [-0.05, 0) is 49.7 Å². The minimum Gasteiger partial charge on any atom is -0.350 e. The number of aromatic nitrogens is 3. The van der Waals surface area contributed by atoms with E-state index >= 15 is 0 Å².